The maximum atomic E-state index is 14.2. The first-order valence-corrected chi connectivity index (χ1v) is 8.51. The number of amides is 1. The van der Waals surface area contributed by atoms with Crippen molar-refractivity contribution in [2.24, 2.45) is 0 Å². The van der Waals surface area contributed by atoms with Gasteiger partial charge in [0.25, 0.3) is 5.91 Å². The summed E-state index contributed by atoms with van der Waals surface area (Å²) < 4.78 is 27.8. The molecular weight excluding hydrogens is 362 g/mol. The molecule has 0 bridgehead atoms. The van der Waals surface area contributed by atoms with Crippen molar-refractivity contribution in [3.8, 4) is 11.1 Å². The molecule has 0 fully saturated rings. The lowest BCUT2D eigenvalue weighted by molar-refractivity contribution is 0.102. The van der Waals surface area contributed by atoms with Gasteiger partial charge in [-0.15, -0.1) is 0 Å². The van der Waals surface area contributed by atoms with Gasteiger partial charge in [0.1, 0.15) is 5.56 Å². The highest BCUT2D eigenvalue weighted by Crippen LogP contribution is 2.31. The number of hydrogen-bond acceptors (Lipinski definition) is 2. The minimum atomic E-state index is -1.01. The molecule has 1 heterocycles. The molecule has 1 aromatic heterocycles. The molecule has 0 saturated heterocycles. The third kappa shape index (κ3) is 3.05. The van der Waals surface area contributed by atoms with Crippen LogP contribution in [0.3, 0.4) is 0 Å². The van der Waals surface area contributed by atoms with Crippen molar-refractivity contribution >= 4 is 22.5 Å². The monoisotopic (exact) mass is 376 g/mol. The van der Waals surface area contributed by atoms with Gasteiger partial charge in [0.15, 0.2) is 11.6 Å². The summed E-state index contributed by atoms with van der Waals surface area (Å²) in [4.78, 5) is 28.3. The third-order valence-corrected chi connectivity index (χ3v) is 4.45. The number of carbonyl (C=O) groups excluding carboxylic acids is 1. The van der Waals surface area contributed by atoms with Gasteiger partial charge in [0.05, 0.1) is 0 Å². The number of benzene rings is 3. The van der Waals surface area contributed by atoms with Crippen molar-refractivity contribution in [1.29, 1.82) is 0 Å². The highest BCUT2D eigenvalue weighted by molar-refractivity contribution is 6.07. The number of rotatable bonds is 3. The lowest BCUT2D eigenvalue weighted by atomic mass is 10.0. The average molecular weight is 376 g/mol. The van der Waals surface area contributed by atoms with Crippen molar-refractivity contribution in [3.05, 3.63) is 100 Å². The third-order valence-electron chi connectivity index (χ3n) is 4.45. The Hall–Kier alpha value is -3.80. The molecule has 4 rings (SSSR count). The smallest absolute Gasteiger partial charge is 0.261 e. The van der Waals surface area contributed by atoms with Crippen LogP contribution in [-0.4, -0.2) is 10.9 Å². The van der Waals surface area contributed by atoms with E-state index in [1.165, 1.54) is 18.3 Å². The molecule has 1 amide bonds. The van der Waals surface area contributed by atoms with E-state index >= 15 is 0 Å². The molecule has 2 N–H and O–H groups in total. The number of anilines is 1. The Morgan fingerprint density at radius 1 is 0.857 bits per heavy atom. The Morgan fingerprint density at radius 2 is 1.57 bits per heavy atom. The summed E-state index contributed by atoms with van der Waals surface area (Å²) in [5.41, 5.74) is 0.721. The van der Waals surface area contributed by atoms with E-state index < -0.39 is 23.0 Å². The summed E-state index contributed by atoms with van der Waals surface area (Å²) in [7, 11) is 0. The van der Waals surface area contributed by atoms with E-state index in [9.17, 15) is 18.4 Å². The molecule has 0 aliphatic carbocycles. The largest absolute Gasteiger partial charge is 0.360 e. The maximum Gasteiger partial charge on any atom is 0.261 e. The van der Waals surface area contributed by atoms with Crippen molar-refractivity contribution < 1.29 is 13.6 Å². The molecular formula is C22H14F2N2O2. The second-order valence-corrected chi connectivity index (χ2v) is 6.18. The fraction of sp³-hybridized carbons (Fsp3) is 0. The number of nitrogens with one attached hydrogen (secondary N) is 2. The van der Waals surface area contributed by atoms with E-state index in [2.05, 4.69) is 10.3 Å². The van der Waals surface area contributed by atoms with Gasteiger partial charge in [-0.1, -0.05) is 42.5 Å². The molecule has 4 aromatic rings. The molecule has 6 heteroatoms. The van der Waals surface area contributed by atoms with Gasteiger partial charge in [-0.05, 0) is 24.3 Å². The molecule has 138 valence electrons. The summed E-state index contributed by atoms with van der Waals surface area (Å²) >= 11 is 0. The molecule has 4 nitrogen and oxygen atoms in total. The first-order chi connectivity index (χ1) is 13.6. The zero-order valence-corrected chi connectivity index (χ0v) is 14.5. The first-order valence-electron chi connectivity index (χ1n) is 8.51. The molecule has 0 unspecified atom stereocenters. The van der Waals surface area contributed by atoms with Gasteiger partial charge in [-0.3, -0.25) is 9.59 Å². The van der Waals surface area contributed by atoms with E-state index in [4.69, 9.17) is 0 Å². The van der Waals surface area contributed by atoms with Gasteiger partial charge in [-0.25, -0.2) is 8.78 Å². The Bertz CT molecular complexity index is 1260. The normalized spacial score (nSPS) is 10.8. The van der Waals surface area contributed by atoms with Gasteiger partial charge in [0.2, 0.25) is 5.43 Å². The highest BCUT2D eigenvalue weighted by atomic mass is 19.2. The van der Waals surface area contributed by atoms with Crippen LogP contribution in [0.15, 0.2) is 77.7 Å². The summed E-state index contributed by atoms with van der Waals surface area (Å²) in [5.74, 6) is -2.63. The Kier molecular flexibility index (Phi) is 4.45. The van der Waals surface area contributed by atoms with E-state index in [1.54, 1.807) is 48.5 Å². The molecule has 0 atom stereocenters. The number of aromatic nitrogens is 1. The average Bonchev–Trinajstić information content (AvgIpc) is 2.71. The van der Waals surface area contributed by atoms with Gasteiger partial charge < -0.3 is 10.3 Å². The summed E-state index contributed by atoms with van der Waals surface area (Å²) in [6.45, 7) is 0. The summed E-state index contributed by atoms with van der Waals surface area (Å²) in [6, 6.07) is 17.1. The molecule has 0 aliphatic heterocycles. The Morgan fingerprint density at radius 3 is 2.43 bits per heavy atom. The number of carbonyl (C=O) groups is 1. The Labute approximate surface area is 158 Å². The first kappa shape index (κ1) is 17.6. The number of para-hydroxylation sites is 2. The zero-order valence-electron chi connectivity index (χ0n) is 14.5. The summed E-state index contributed by atoms with van der Waals surface area (Å²) in [5, 5.41) is 3.02. The van der Waals surface area contributed by atoms with Crippen molar-refractivity contribution in [1.82, 2.24) is 4.98 Å². The number of hydrogen-bond donors (Lipinski definition) is 2. The van der Waals surface area contributed by atoms with Crippen LogP contribution >= 0.6 is 0 Å². The van der Waals surface area contributed by atoms with Gasteiger partial charge in [-0.2, -0.15) is 0 Å². The van der Waals surface area contributed by atoms with Crippen LogP contribution in [0.1, 0.15) is 10.4 Å². The SMILES string of the molecule is O=C(Nc1ccccc1-c1cccc(F)c1F)c1c[nH]c2ccccc2c1=O. The quantitative estimate of drug-likeness (QED) is 0.543. The van der Waals surface area contributed by atoms with Crippen LogP contribution in [0.25, 0.3) is 22.0 Å². The fourth-order valence-electron chi connectivity index (χ4n) is 3.06. The van der Waals surface area contributed by atoms with Crippen LogP contribution in [0.2, 0.25) is 0 Å². The van der Waals surface area contributed by atoms with Crippen LogP contribution in [0.5, 0.6) is 0 Å². The van der Waals surface area contributed by atoms with Crippen molar-refractivity contribution in [2.45, 2.75) is 0 Å². The van der Waals surface area contributed by atoms with E-state index in [0.29, 0.717) is 16.5 Å². The highest BCUT2D eigenvalue weighted by Gasteiger charge is 2.17. The molecule has 0 radical (unpaired) electrons. The molecule has 0 spiro atoms. The zero-order chi connectivity index (χ0) is 19.7. The maximum absolute atomic E-state index is 14.2. The number of aromatic amines is 1. The summed E-state index contributed by atoms with van der Waals surface area (Å²) in [6.07, 6.45) is 1.34. The van der Waals surface area contributed by atoms with Crippen LogP contribution in [0, 0.1) is 11.6 Å². The number of fused-ring (bicyclic) bond motifs is 1. The van der Waals surface area contributed by atoms with E-state index in [1.807, 2.05) is 0 Å². The van der Waals surface area contributed by atoms with Gasteiger partial charge >= 0.3 is 0 Å². The van der Waals surface area contributed by atoms with Crippen molar-refractivity contribution in [2.75, 3.05) is 5.32 Å². The number of pyridine rings is 1. The standard InChI is InChI=1S/C22H14F2N2O2/c23-17-9-5-8-14(20(17)24)13-6-1-4-11-19(13)26-22(28)16-12-25-18-10-3-2-7-15(18)21(16)27/h1-12H,(H,25,27)(H,26,28). The second kappa shape index (κ2) is 7.08. The predicted octanol–water partition coefficient (Wildman–Crippen LogP) is 4.73. The van der Waals surface area contributed by atoms with Crippen LogP contribution in [-0.2, 0) is 0 Å². The molecule has 0 aliphatic rings. The number of halogens is 2. The van der Waals surface area contributed by atoms with E-state index in [0.717, 1.165) is 6.07 Å². The van der Waals surface area contributed by atoms with Crippen LogP contribution in [0.4, 0.5) is 14.5 Å². The predicted molar refractivity (Wildman–Crippen MR) is 104 cm³/mol. The van der Waals surface area contributed by atoms with Crippen LogP contribution < -0.4 is 10.7 Å². The Balaban J connectivity index is 1.75. The topological polar surface area (TPSA) is 62.0 Å². The minimum Gasteiger partial charge on any atom is -0.360 e. The van der Waals surface area contributed by atoms with Crippen molar-refractivity contribution in [3.63, 3.8) is 0 Å². The molecule has 28 heavy (non-hydrogen) atoms. The molecule has 0 saturated carbocycles. The molecule has 3 aromatic carbocycles. The van der Waals surface area contributed by atoms with Gasteiger partial charge in [0, 0.05) is 33.9 Å². The minimum absolute atomic E-state index is 0.0170. The second-order valence-electron chi connectivity index (χ2n) is 6.18. The lowest BCUT2D eigenvalue weighted by Gasteiger charge is -2.12. The fourth-order valence-corrected chi connectivity index (χ4v) is 3.06. The number of H-pyrrole nitrogens is 1. The van der Waals surface area contributed by atoms with E-state index in [-0.39, 0.29) is 16.8 Å². The lowest BCUT2D eigenvalue weighted by Crippen LogP contribution is -2.22.